The molecule has 158 valence electrons. The Hall–Kier alpha value is -2.60. The fourth-order valence-corrected chi connectivity index (χ4v) is 3.23. The third kappa shape index (κ3) is 4.37. The maximum atomic E-state index is 14.1. The molecule has 0 spiro atoms. The maximum absolute atomic E-state index is 14.1. The number of carbonyl (C=O) groups excluding carboxylic acids is 1. The van der Waals surface area contributed by atoms with Gasteiger partial charge < -0.3 is 14.2 Å². The zero-order chi connectivity index (χ0) is 21.9. The first-order valence-corrected chi connectivity index (χ1v) is 8.85. The summed E-state index contributed by atoms with van der Waals surface area (Å²) in [6.45, 7) is 3.85. The van der Waals surface area contributed by atoms with E-state index >= 15 is 0 Å². The molecule has 2 atom stereocenters. The highest BCUT2D eigenvalue weighted by Crippen LogP contribution is 2.60. The van der Waals surface area contributed by atoms with Gasteiger partial charge in [0.25, 0.3) is 0 Å². The molecule has 1 aliphatic carbocycles. The average Bonchev–Trinajstić information content (AvgIpc) is 3.22. The monoisotopic (exact) mass is 415 g/mol. The Balaban J connectivity index is 2.17. The Morgan fingerprint density at radius 2 is 1.59 bits per heavy atom. The molecule has 0 unspecified atom stereocenters. The third-order valence-electron chi connectivity index (χ3n) is 5.00. The maximum Gasteiger partial charge on any atom is 0.310 e. The van der Waals surface area contributed by atoms with Gasteiger partial charge in [0.15, 0.2) is 29.0 Å². The molecule has 1 fully saturated rings. The molecule has 0 amide bonds. The molecule has 0 heterocycles. The van der Waals surface area contributed by atoms with E-state index in [-0.39, 0.29) is 18.3 Å². The second kappa shape index (κ2) is 8.82. The minimum atomic E-state index is -1.64. The van der Waals surface area contributed by atoms with Crippen molar-refractivity contribution in [3.63, 3.8) is 0 Å². The number of rotatable bonds is 8. The van der Waals surface area contributed by atoms with Gasteiger partial charge in [-0.05, 0) is 18.4 Å². The van der Waals surface area contributed by atoms with E-state index in [2.05, 4.69) is 4.74 Å². The number of hydrogen-bond donors (Lipinski definition) is 0. The van der Waals surface area contributed by atoms with E-state index in [1.54, 1.807) is 20.8 Å². The highest BCUT2D eigenvalue weighted by molar-refractivity contribution is 5.78. The van der Waals surface area contributed by atoms with Gasteiger partial charge in [-0.3, -0.25) is 4.79 Å². The standard InChI is InChI=1S/C20H21F4NO4/c1-5-28-10(7-25)6-13-14(20(13,2)3)19(26)29-9-12-17(23)15(21)11(8-27-4)16(22)18(12)24/h6,13-14H,5,8-9H2,1-4H3/b10-6-/t13-,14+/m1/s1. The van der Waals surface area contributed by atoms with Gasteiger partial charge in [0.05, 0.1) is 30.3 Å². The van der Waals surface area contributed by atoms with Crippen molar-refractivity contribution in [2.75, 3.05) is 13.7 Å². The lowest BCUT2D eigenvalue weighted by atomic mass is 10.1. The van der Waals surface area contributed by atoms with Gasteiger partial charge in [-0.1, -0.05) is 13.8 Å². The van der Waals surface area contributed by atoms with Crippen molar-refractivity contribution in [2.45, 2.75) is 34.0 Å². The summed E-state index contributed by atoms with van der Waals surface area (Å²) in [5.74, 6) is -8.30. The van der Waals surface area contributed by atoms with Crippen molar-refractivity contribution in [1.82, 2.24) is 0 Å². The number of ether oxygens (including phenoxy) is 3. The number of nitrogens with zero attached hydrogens (tertiary/aromatic N) is 1. The molecule has 0 aromatic heterocycles. The highest BCUT2D eigenvalue weighted by Gasteiger charge is 2.62. The van der Waals surface area contributed by atoms with E-state index < -0.39 is 64.9 Å². The predicted octanol–water partition coefficient (Wildman–Crippen LogP) is 4.15. The fraction of sp³-hybridized carbons (Fsp3) is 0.500. The first-order chi connectivity index (χ1) is 13.6. The molecule has 2 rings (SSSR count). The van der Waals surface area contributed by atoms with Gasteiger partial charge in [0.2, 0.25) is 0 Å². The average molecular weight is 415 g/mol. The Labute approximate surface area is 165 Å². The van der Waals surface area contributed by atoms with Crippen molar-refractivity contribution in [1.29, 1.82) is 5.26 Å². The van der Waals surface area contributed by atoms with Gasteiger partial charge in [-0.2, -0.15) is 5.26 Å². The van der Waals surface area contributed by atoms with Gasteiger partial charge in [-0.25, -0.2) is 17.6 Å². The molecule has 29 heavy (non-hydrogen) atoms. The van der Waals surface area contributed by atoms with Gasteiger partial charge in [-0.15, -0.1) is 0 Å². The van der Waals surface area contributed by atoms with E-state index in [0.29, 0.717) is 0 Å². The molecule has 9 heteroatoms. The normalized spacial score (nSPS) is 20.2. The summed E-state index contributed by atoms with van der Waals surface area (Å²) in [4.78, 5) is 12.4. The first kappa shape index (κ1) is 22.7. The van der Waals surface area contributed by atoms with Crippen molar-refractivity contribution in [2.24, 2.45) is 17.3 Å². The van der Waals surface area contributed by atoms with E-state index in [4.69, 9.17) is 14.7 Å². The first-order valence-electron chi connectivity index (χ1n) is 8.85. The largest absolute Gasteiger partial charge is 0.484 e. The topological polar surface area (TPSA) is 68.5 Å². The van der Waals surface area contributed by atoms with Crippen LogP contribution in [0.2, 0.25) is 0 Å². The molecule has 1 aromatic carbocycles. The van der Waals surface area contributed by atoms with Crippen LogP contribution in [-0.4, -0.2) is 19.7 Å². The van der Waals surface area contributed by atoms with Crippen molar-refractivity contribution >= 4 is 5.97 Å². The SMILES string of the molecule is CCO/C(C#N)=C\[C@@H]1[C@@H](C(=O)OCc2c(F)c(F)c(COC)c(F)c2F)C1(C)C. The van der Waals surface area contributed by atoms with Gasteiger partial charge >= 0.3 is 5.97 Å². The van der Waals surface area contributed by atoms with Crippen molar-refractivity contribution < 1.29 is 36.6 Å². The molecule has 0 aliphatic heterocycles. The Morgan fingerprint density at radius 3 is 2.03 bits per heavy atom. The molecular formula is C20H21F4NO4. The molecule has 1 aromatic rings. The molecule has 0 saturated heterocycles. The summed E-state index contributed by atoms with van der Waals surface area (Å²) in [6.07, 6.45) is 1.50. The van der Waals surface area contributed by atoms with Crippen LogP contribution in [0.3, 0.4) is 0 Å². The predicted molar refractivity (Wildman–Crippen MR) is 92.9 cm³/mol. The lowest BCUT2D eigenvalue weighted by Crippen LogP contribution is -2.15. The van der Waals surface area contributed by atoms with Crippen LogP contribution in [0.25, 0.3) is 0 Å². The van der Waals surface area contributed by atoms with Gasteiger partial charge in [0.1, 0.15) is 12.7 Å². The Kier molecular flexibility index (Phi) is 6.90. The molecule has 1 aliphatic rings. The number of nitriles is 1. The summed E-state index contributed by atoms with van der Waals surface area (Å²) in [5, 5.41) is 9.03. The van der Waals surface area contributed by atoms with E-state index in [0.717, 1.165) is 7.11 Å². The van der Waals surface area contributed by atoms with Crippen LogP contribution in [0.5, 0.6) is 0 Å². The number of methoxy groups -OCH3 is 1. The zero-order valence-corrected chi connectivity index (χ0v) is 16.4. The highest BCUT2D eigenvalue weighted by atomic mass is 19.2. The Morgan fingerprint density at radius 1 is 1.07 bits per heavy atom. The molecule has 1 saturated carbocycles. The molecule has 0 bridgehead atoms. The van der Waals surface area contributed by atoms with Crippen LogP contribution in [0.15, 0.2) is 11.8 Å². The van der Waals surface area contributed by atoms with Gasteiger partial charge in [0, 0.05) is 13.0 Å². The van der Waals surface area contributed by atoms with Crippen molar-refractivity contribution in [3.05, 3.63) is 46.2 Å². The minimum absolute atomic E-state index is 0.0517. The van der Waals surface area contributed by atoms with Crippen LogP contribution >= 0.6 is 0 Å². The summed E-state index contributed by atoms with van der Waals surface area (Å²) < 4.78 is 70.8. The van der Waals surface area contributed by atoms with E-state index in [1.807, 2.05) is 6.07 Å². The number of halogens is 4. The summed E-state index contributed by atoms with van der Waals surface area (Å²) in [5.41, 5.74) is -2.48. The zero-order valence-electron chi connectivity index (χ0n) is 16.4. The van der Waals surface area contributed by atoms with E-state index in [1.165, 1.54) is 6.08 Å². The summed E-state index contributed by atoms with van der Waals surface area (Å²) >= 11 is 0. The van der Waals surface area contributed by atoms with Crippen LogP contribution in [-0.2, 0) is 32.2 Å². The molecule has 0 N–H and O–H groups in total. The lowest BCUT2D eigenvalue weighted by molar-refractivity contribution is -0.147. The molecule has 0 radical (unpaired) electrons. The van der Waals surface area contributed by atoms with Crippen molar-refractivity contribution in [3.8, 4) is 6.07 Å². The second-order valence-corrected chi connectivity index (χ2v) is 7.15. The number of hydrogen-bond acceptors (Lipinski definition) is 5. The Bertz CT molecular complexity index is 847. The summed E-state index contributed by atoms with van der Waals surface area (Å²) in [6, 6.07) is 1.87. The fourth-order valence-electron chi connectivity index (χ4n) is 3.23. The minimum Gasteiger partial charge on any atom is -0.484 e. The smallest absolute Gasteiger partial charge is 0.310 e. The number of carbonyl (C=O) groups is 1. The number of esters is 1. The van der Waals surface area contributed by atoms with Crippen LogP contribution < -0.4 is 0 Å². The molecule has 5 nitrogen and oxygen atoms in total. The van der Waals surface area contributed by atoms with Crippen LogP contribution in [0.1, 0.15) is 31.9 Å². The lowest BCUT2D eigenvalue weighted by Gasteiger charge is -2.12. The quantitative estimate of drug-likeness (QED) is 0.210. The number of benzene rings is 1. The van der Waals surface area contributed by atoms with Crippen LogP contribution in [0.4, 0.5) is 17.6 Å². The second-order valence-electron chi connectivity index (χ2n) is 7.15. The summed E-state index contributed by atoms with van der Waals surface area (Å²) in [7, 11) is 1.12. The van der Waals surface area contributed by atoms with E-state index in [9.17, 15) is 22.4 Å². The third-order valence-corrected chi connectivity index (χ3v) is 5.00. The number of allylic oxidation sites excluding steroid dienone is 2. The molecular weight excluding hydrogens is 394 g/mol. The van der Waals surface area contributed by atoms with Crippen LogP contribution in [0, 0.1) is 51.9 Å².